The van der Waals surface area contributed by atoms with Gasteiger partial charge in [0.2, 0.25) is 5.16 Å². The first-order chi connectivity index (χ1) is 12.1. The van der Waals surface area contributed by atoms with Gasteiger partial charge in [-0.15, -0.1) is 9.67 Å². The van der Waals surface area contributed by atoms with Crippen LogP contribution in [-0.2, 0) is 5.75 Å². The first kappa shape index (κ1) is 15.6. The van der Waals surface area contributed by atoms with E-state index in [4.69, 9.17) is 4.52 Å². The van der Waals surface area contributed by atoms with Gasteiger partial charge in [-0.1, -0.05) is 41.6 Å². The van der Waals surface area contributed by atoms with Crippen molar-refractivity contribution >= 4 is 17.4 Å². The quantitative estimate of drug-likeness (QED) is 0.567. The Bertz CT molecular complexity index is 1090. The number of benzene rings is 1. The average Bonchev–Trinajstić information content (AvgIpc) is 3.20. The number of nitrogens with zero attached hydrogens (tertiary/aromatic N) is 4. The molecule has 0 saturated heterocycles. The van der Waals surface area contributed by atoms with Gasteiger partial charge in [0.15, 0.2) is 11.5 Å². The van der Waals surface area contributed by atoms with Crippen LogP contribution >= 0.6 is 11.8 Å². The molecular weight excluding hydrogens is 338 g/mol. The molecule has 3 heterocycles. The van der Waals surface area contributed by atoms with Gasteiger partial charge < -0.3 is 4.52 Å². The van der Waals surface area contributed by atoms with Gasteiger partial charge in [0.05, 0.1) is 5.69 Å². The Morgan fingerprint density at radius 3 is 2.76 bits per heavy atom. The fourth-order valence-electron chi connectivity index (χ4n) is 2.44. The van der Waals surface area contributed by atoms with E-state index in [1.807, 2.05) is 31.2 Å². The van der Waals surface area contributed by atoms with Gasteiger partial charge in [-0.3, -0.25) is 9.89 Å². The van der Waals surface area contributed by atoms with E-state index in [0.29, 0.717) is 28.0 Å². The Kier molecular flexibility index (Phi) is 3.89. The molecule has 7 nitrogen and oxygen atoms in total. The number of hydrogen-bond acceptors (Lipinski definition) is 6. The van der Waals surface area contributed by atoms with Gasteiger partial charge in [0, 0.05) is 23.4 Å². The Morgan fingerprint density at radius 2 is 1.96 bits per heavy atom. The van der Waals surface area contributed by atoms with Gasteiger partial charge >= 0.3 is 0 Å². The molecule has 1 aromatic carbocycles. The van der Waals surface area contributed by atoms with Crippen LogP contribution in [-0.4, -0.2) is 24.7 Å². The maximum absolute atomic E-state index is 12.0. The third kappa shape index (κ3) is 3.20. The molecule has 0 spiro atoms. The van der Waals surface area contributed by atoms with Crippen LogP contribution in [0.3, 0.4) is 0 Å². The van der Waals surface area contributed by atoms with E-state index in [1.54, 1.807) is 13.0 Å². The van der Waals surface area contributed by atoms with Crippen LogP contribution in [0, 0.1) is 13.8 Å². The molecule has 0 aliphatic carbocycles. The molecule has 0 aliphatic heterocycles. The molecule has 8 heteroatoms. The SMILES string of the molecule is Cc1ccc(-c2nc(SCc3cc(=O)n4oc(C)cc4n3)n[nH]2)cc1. The molecule has 0 bridgehead atoms. The zero-order chi connectivity index (χ0) is 17.4. The van der Waals surface area contributed by atoms with Crippen molar-refractivity contribution < 1.29 is 4.52 Å². The Morgan fingerprint density at radius 1 is 1.16 bits per heavy atom. The lowest BCUT2D eigenvalue weighted by Crippen LogP contribution is -2.12. The molecule has 1 N–H and O–H groups in total. The first-order valence-corrected chi connectivity index (χ1v) is 8.69. The Labute approximate surface area is 147 Å². The van der Waals surface area contributed by atoms with E-state index in [2.05, 4.69) is 20.2 Å². The van der Waals surface area contributed by atoms with Crippen LogP contribution in [0.1, 0.15) is 17.0 Å². The average molecular weight is 353 g/mol. The number of aryl methyl sites for hydroxylation is 2. The Hall–Kier alpha value is -2.87. The second-order valence-corrected chi connectivity index (χ2v) is 6.65. The highest BCUT2D eigenvalue weighted by atomic mass is 32.2. The highest BCUT2D eigenvalue weighted by Gasteiger charge is 2.10. The van der Waals surface area contributed by atoms with Crippen LogP contribution in [0.4, 0.5) is 0 Å². The predicted octanol–water partition coefficient (Wildman–Crippen LogP) is 2.98. The summed E-state index contributed by atoms with van der Waals surface area (Å²) in [5, 5.41) is 7.77. The summed E-state index contributed by atoms with van der Waals surface area (Å²) in [4.78, 5) is 20.9. The molecule has 0 unspecified atom stereocenters. The van der Waals surface area contributed by atoms with Crippen molar-refractivity contribution in [2.24, 2.45) is 0 Å². The normalized spacial score (nSPS) is 11.3. The van der Waals surface area contributed by atoms with Gasteiger partial charge in [-0.05, 0) is 13.8 Å². The molecule has 0 aliphatic rings. The van der Waals surface area contributed by atoms with E-state index >= 15 is 0 Å². The molecule has 0 radical (unpaired) electrons. The second kappa shape index (κ2) is 6.21. The maximum Gasteiger partial charge on any atom is 0.287 e. The predicted molar refractivity (Wildman–Crippen MR) is 94.6 cm³/mol. The minimum Gasteiger partial charge on any atom is -0.375 e. The van der Waals surface area contributed by atoms with Crippen molar-refractivity contribution in [3.05, 3.63) is 63.8 Å². The summed E-state index contributed by atoms with van der Waals surface area (Å²) in [6, 6.07) is 11.3. The zero-order valence-electron chi connectivity index (χ0n) is 13.7. The fourth-order valence-corrected chi connectivity index (χ4v) is 3.13. The topological polar surface area (TPSA) is 89.1 Å². The molecule has 0 fully saturated rings. The van der Waals surface area contributed by atoms with Gasteiger partial charge in [0.1, 0.15) is 5.76 Å². The number of nitrogens with one attached hydrogen (secondary N) is 1. The fraction of sp³-hybridized carbons (Fsp3) is 0.176. The molecule has 0 saturated carbocycles. The summed E-state index contributed by atoms with van der Waals surface area (Å²) < 4.78 is 6.47. The highest BCUT2D eigenvalue weighted by Crippen LogP contribution is 2.22. The maximum atomic E-state index is 12.0. The molecule has 126 valence electrons. The summed E-state index contributed by atoms with van der Waals surface area (Å²) in [6.07, 6.45) is 0. The molecule has 0 atom stereocenters. The molecular formula is C17H15N5O2S. The van der Waals surface area contributed by atoms with Crippen LogP contribution in [0.2, 0.25) is 0 Å². The monoisotopic (exact) mass is 353 g/mol. The molecule has 0 amide bonds. The Balaban J connectivity index is 1.52. The van der Waals surface area contributed by atoms with E-state index in [9.17, 15) is 4.79 Å². The van der Waals surface area contributed by atoms with E-state index in [-0.39, 0.29) is 5.56 Å². The van der Waals surface area contributed by atoms with Gasteiger partial charge in [-0.2, -0.15) is 0 Å². The zero-order valence-corrected chi connectivity index (χ0v) is 14.5. The third-order valence-electron chi connectivity index (χ3n) is 3.66. The van der Waals surface area contributed by atoms with Crippen molar-refractivity contribution in [1.82, 2.24) is 24.7 Å². The third-order valence-corrected chi connectivity index (χ3v) is 4.54. The standard InChI is InChI=1S/C17H15N5O2S/c1-10-3-5-12(6-4-10)16-19-17(21-20-16)25-9-13-8-15(23)22-14(18-13)7-11(2)24-22/h3-8H,9H2,1-2H3,(H,19,20,21). The van der Waals surface area contributed by atoms with E-state index < -0.39 is 0 Å². The number of fused-ring (bicyclic) bond motifs is 1. The highest BCUT2D eigenvalue weighted by molar-refractivity contribution is 7.98. The summed E-state index contributed by atoms with van der Waals surface area (Å²) in [6.45, 7) is 3.82. The number of hydrogen-bond donors (Lipinski definition) is 1. The van der Waals surface area contributed by atoms with Gasteiger partial charge in [-0.25, -0.2) is 9.97 Å². The van der Waals surface area contributed by atoms with Crippen molar-refractivity contribution in [3.8, 4) is 11.4 Å². The molecule has 3 aromatic heterocycles. The van der Waals surface area contributed by atoms with Crippen molar-refractivity contribution in [2.75, 3.05) is 0 Å². The number of thioether (sulfide) groups is 1. The summed E-state index contributed by atoms with van der Waals surface area (Å²) in [5.41, 5.74) is 3.12. The number of H-pyrrole nitrogens is 1. The van der Waals surface area contributed by atoms with Crippen LogP contribution in [0.15, 0.2) is 50.9 Å². The van der Waals surface area contributed by atoms with Gasteiger partial charge in [0.25, 0.3) is 5.56 Å². The van der Waals surface area contributed by atoms with Crippen molar-refractivity contribution in [1.29, 1.82) is 0 Å². The first-order valence-electron chi connectivity index (χ1n) is 7.70. The lowest BCUT2D eigenvalue weighted by molar-refractivity contribution is 0.344. The number of aromatic nitrogens is 5. The minimum absolute atomic E-state index is 0.232. The van der Waals surface area contributed by atoms with Crippen molar-refractivity contribution in [2.45, 2.75) is 24.8 Å². The lowest BCUT2D eigenvalue weighted by Gasteiger charge is -1.98. The molecule has 4 aromatic rings. The minimum atomic E-state index is -0.232. The van der Waals surface area contributed by atoms with Crippen LogP contribution < -0.4 is 5.56 Å². The van der Waals surface area contributed by atoms with Crippen LogP contribution in [0.25, 0.3) is 17.0 Å². The smallest absolute Gasteiger partial charge is 0.287 e. The second-order valence-electron chi connectivity index (χ2n) is 5.71. The molecule has 25 heavy (non-hydrogen) atoms. The van der Waals surface area contributed by atoms with Crippen molar-refractivity contribution in [3.63, 3.8) is 0 Å². The van der Waals surface area contributed by atoms with E-state index in [0.717, 1.165) is 11.4 Å². The number of aromatic amines is 1. The lowest BCUT2D eigenvalue weighted by atomic mass is 10.1. The summed E-state index contributed by atoms with van der Waals surface area (Å²) in [7, 11) is 0. The van der Waals surface area contributed by atoms with E-state index in [1.165, 1.54) is 28.0 Å². The molecule has 4 rings (SSSR count). The largest absolute Gasteiger partial charge is 0.375 e. The summed E-state index contributed by atoms with van der Waals surface area (Å²) >= 11 is 1.42. The van der Waals surface area contributed by atoms with Crippen LogP contribution in [0.5, 0.6) is 0 Å². The number of rotatable bonds is 4. The summed E-state index contributed by atoms with van der Waals surface area (Å²) in [5.74, 6) is 1.86.